The van der Waals surface area contributed by atoms with Gasteiger partial charge in [0.2, 0.25) is 0 Å². The molecule has 5 atom stereocenters. The highest BCUT2D eigenvalue weighted by atomic mass is 16.6. The molecule has 0 aromatic heterocycles. The van der Waals surface area contributed by atoms with E-state index in [0.29, 0.717) is 30.4 Å². The van der Waals surface area contributed by atoms with Gasteiger partial charge in [-0.25, -0.2) is 4.79 Å². The molecular formula is C22H30O8. The Bertz CT molecular complexity index is 750. The van der Waals surface area contributed by atoms with E-state index in [1.807, 2.05) is 6.92 Å². The first-order valence-electron chi connectivity index (χ1n) is 10.1. The first kappa shape index (κ1) is 23.8. The maximum atomic E-state index is 12.7. The van der Waals surface area contributed by atoms with Gasteiger partial charge in [0.25, 0.3) is 0 Å². The Hall–Kier alpha value is -2.45. The minimum atomic E-state index is -1.13. The van der Waals surface area contributed by atoms with Gasteiger partial charge in [0.1, 0.15) is 6.10 Å². The van der Waals surface area contributed by atoms with E-state index in [1.165, 1.54) is 6.92 Å². The van der Waals surface area contributed by atoms with E-state index < -0.39 is 54.7 Å². The maximum absolute atomic E-state index is 12.7. The van der Waals surface area contributed by atoms with Gasteiger partial charge in [-0.05, 0) is 36.5 Å². The Kier molecular flexibility index (Phi) is 8.37. The Balaban J connectivity index is 2.61. The van der Waals surface area contributed by atoms with Gasteiger partial charge in [-0.2, -0.15) is 0 Å². The zero-order chi connectivity index (χ0) is 22.4. The monoisotopic (exact) mass is 422 g/mol. The van der Waals surface area contributed by atoms with E-state index in [1.54, 1.807) is 19.1 Å². The molecule has 30 heavy (non-hydrogen) atoms. The third-order valence-corrected chi connectivity index (χ3v) is 5.50. The summed E-state index contributed by atoms with van der Waals surface area (Å²) in [6.07, 6.45) is 1.67. The molecule has 0 aromatic carbocycles. The first-order chi connectivity index (χ1) is 14.2. The molecule has 0 spiro atoms. The summed E-state index contributed by atoms with van der Waals surface area (Å²) >= 11 is 0. The summed E-state index contributed by atoms with van der Waals surface area (Å²) in [6, 6.07) is 0. The van der Waals surface area contributed by atoms with Crippen molar-refractivity contribution in [3.05, 3.63) is 35.5 Å². The lowest BCUT2D eigenvalue weighted by molar-refractivity contribution is -0.171. The molecule has 0 amide bonds. The van der Waals surface area contributed by atoms with Gasteiger partial charge in [0.05, 0.1) is 25.0 Å². The molecule has 0 radical (unpaired) electrons. The Morgan fingerprint density at radius 1 is 1.30 bits per heavy atom. The van der Waals surface area contributed by atoms with Crippen LogP contribution in [0.5, 0.6) is 0 Å². The topological polar surface area (TPSA) is 119 Å². The van der Waals surface area contributed by atoms with Crippen LogP contribution in [0.2, 0.25) is 0 Å². The highest BCUT2D eigenvalue weighted by molar-refractivity contribution is 5.91. The SMILES string of the molecule is C=C1C(=O)O[C@@H]2/C=C(/CO)CC/C=C(/CO)[C@H](OC(C)=O)[C@@H](OC(=O)[C@H](C)CC)[C@@H]12. The standard InChI is InChI=1S/C22H30O8/c1-5-12(2)21(26)30-20-18-13(3)22(27)29-17(18)9-15(10-23)7-6-8-16(11-24)19(20)28-14(4)25/h8-9,12,17-20,23-24H,3,5-7,10-11H2,1-2,4H3/b15-9+,16-8-/t12-,17-,18+,19+,20+/m1/s1. The average molecular weight is 422 g/mol. The zero-order valence-electron chi connectivity index (χ0n) is 17.6. The number of ether oxygens (including phenoxy) is 3. The molecule has 2 rings (SSSR count). The minimum Gasteiger partial charge on any atom is -0.457 e. The largest absolute Gasteiger partial charge is 0.457 e. The van der Waals surface area contributed by atoms with Gasteiger partial charge in [0, 0.05) is 12.5 Å². The van der Waals surface area contributed by atoms with Crippen molar-refractivity contribution in [3.63, 3.8) is 0 Å². The van der Waals surface area contributed by atoms with Gasteiger partial charge in [-0.1, -0.05) is 26.5 Å². The smallest absolute Gasteiger partial charge is 0.334 e. The number of aliphatic hydroxyl groups excluding tert-OH is 2. The van der Waals surface area contributed by atoms with Crippen molar-refractivity contribution < 1.29 is 38.8 Å². The van der Waals surface area contributed by atoms with Crippen molar-refractivity contribution in [2.24, 2.45) is 11.8 Å². The highest BCUT2D eigenvalue weighted by Crippen LogP contribution is 2.37. The van der Waals surface area contributed by atoms with Gasteiger partial charge in [-0.15, -0.1) is 0 Å². The van der Waals surface area contributed by atoms with Crippen molar-refractivity contribution in [2.75, 3.05) is 13.2 Å². The molecule has 0 saturated carbocycles. The van der Waals surface area contributed by atoms with Crippen molar-refractivity contribution in [1.82, 2.24) is 0 Å². The van der Waals surface area contributed by atoms with E-state index in [2.05, 4.69) is 6.58 Å². The van der Waals surface area contributed by atoms with Gasteiger partial charge in [-0.3, -0.25) is 9.59 Å². The number of hydrogen-bond donors (Lipinski definition) is 2. The predicted octanol–water partition coefficient (Wildman–Crippen LogP) is 1.60. The lowest BCUT2D eigenvalue weighted by Gasteiger charge is -2.34. The van der Waals surface area contributed by atoms with E-state index in [9.17, 15) is 24.6 Å². The van der Waals surface area contributed by atoms with E-state index in [-0.39, 0.29) is 12.2 Å². The molecule has 0 aromatic rings. The fourth-order valence-corrected chi connectivity index (χ4v) is 3.56. The molecule has 1 heterocycles. The molecule has 1 aliphatic carbocycles. The van der Waals surface area contributed by atoms with Crippen molar-refractivity contribution in [1.29, 1.82) is 0 Å². The van der Waals surface area contributed by atoms with Gasteiger partial charge < -0.3 is 24.4 Å². The number of fused-ring (bicyclic) bond motifs is 1. The van der Waals surface area contributed by atoms with Crippen LogP contribution in [0.1, 0.15) is 40.0 Å². The summed E-state index contributed by atoms with van der Waals surface area (Å²) in [4.78, 5) is 36.8. The molecule has 2 aliphatic rings. The maximum Gasteiger partial charge on any atom is 0.334 e. The summed E-state index contributed by atoms with van der Waals surface area (Å²) in [6.45, 7) is 7.89. The summed E-state index contributed by atoms with van der Waals surface area (Å²) in [5.74, 6) is -3.07. The van der Waals surface area contributed by atoms with E-state index in [0.717, 1.165) is 0 Å². The number of hydrogen-bond acceptors (Lipinski definition) is 8. The molecule has 8 nitrogen and oxygen atoms in total. The predicted molar refractivity (Wildman–Crippen MR) is 107 cm³/mol. The van der Waals surface area contributed by atoms with Crippen LogP contribution in [0.15, 0.2) is 35.5 Å². The second kappa shape index (κ2) is 10.5. The summed E-state index contributed by atoms with van der Waals surface area (Å²) in [5, 5.41) is 19.6. The zero-order valence-corrected chi connectivity index (χ0v) is 17.6. The summed E-state index contributed by atoms with van der Waals surface area (Å²) in [5.41, 5.74) is 1.06. The third kappa shape index (κ3) is 5.37. The number of allylic oxidation sites excluding steroid dienone is 1. The summed E-state index contributed by atoms with van der Waals surface area (Å²) in [7, 11) is 0. The Morgan fingerprint density at radius 2 is 2.00 bits per heavy atom. The van der Waals surface area contributed by atoms with Crippen LogP contribution in [0.25, 0.3) is 0 Å². The molecular weight excluding hydrogens is 392 g/mol. The number of esters is 3. The second-order valence-corrected chi connectivity index (χ2v) is 7.62. The van der Waals surface area contributed by atoms with Gasteiger partial charge in [0.15, 0.2) is 12.2 Å². The molecule has 0 unspecified atom stereocenters. The molecule has 0 bridgehead atoms. The number of carbonyl (C=O) groups is 3. The molecule has 1 fully saturated rings. The van der Waals surface area contributed by atoms with Crippen LogP contribution in [0.3, 0.4) is 0 Å². The van der Waals surface area contributed by atoms with Crippen LogP contribution in [0.4, 0.5) is 0 Å². The molecule has 2 N–H and O–H groups in total. The molecule has 8 heteroatoms. The highest BCUT2D eigenvalue weighted by Gasteiger charge is 2.49. The Morgan fingerprint density at radius 3 is 2.57 bits per heavy atom. The second-order valence-electron chi connectivity index (χ2n) is 7.62. The third-order valence-electron chi connectivity index (χ3n) is 5.50. The lowest BCUT2D eigenvalue weighted by atomic mass is 9.83. The van der Waals surface area contributed by atoms with Crippen molar-refractivity contribution >= 4 is 17.9 Å². The van der Waals surface area contributed by atoms with E-state index >= 15 is 0 Å². The van der Waals surface area contributed by atoms with Gasteiger partial charge >= 0.3 is 17.9 Å². The van der Waals surface area contributed by atoms with Crippen molar-refractivity contribution in [2.45, 2.75) is 58.3 Å². The summed E-state index contributed by atoms with van der Waals surface area (Å²) < 4.78 is 16.7. The number of aliphatic hydroxyl groups is 2. The van der Waals surface area contributed by atoms with Crippen molar-refractivity contribution in [3.8, 4) is 0 Å². The fraction of sp³-hybridized carbons (Fsp3) is 0.591. The van der Waals surface area contributed by atoms with Crippen LogP contribution in [0, 0.1) is 11.8 Å². The molecule has 1 aliphatic heterocycles. The van der Waals surface area contributed by atoms with Crippen LogP contribution in [-0.2, 0) is 28.6 Å². The van der Waals surface area contributed by atoms with E-state index in [4.69, 9.17) is 14.2 Å². The molecule has 1 saturated heterocycles. The Labute approximate surface area is 176 Å². The van der Waals surface area contributed by atoms with Crippen LogP contribution in [-0.4, -0.2) is 59.6 Å². The van der Waals surface area contributed by atoms with Crippen LogP contribution >= 0.6 is 0 Å². The average Bonchev–Trinajstić information content (AvgIpc) is 2.99. The number of rotatable bonds is 6. The minimum absolute atomic E-state index is 0.0745. The molecule has 166 valence electrons. The normalized spacial score (nSPS) is 31.4. The number of carbonyl (C=O) groups excluding carboxylic acids is 3. The lowest BCUT2D eigenvalue weighted by Crippen LogP contribution is -2.46. The first-order valence-corrected chi connectivity index (χ1v) is 10.1. The van der Waals surface area contributed by atoms with Crippen LogP contribution < -0.4 is 0 Å². The quantitative estimate of drug-likeness (QED) is 0.287. The fourth-order valence-electron chi connectivity index (χ4n) is 3.56.